The molecular weight excluding hydrogens is 282 g/mol. The zero-order chi connectivity index (χ0) is 14.2. The van der Waals surface area contributed by atoms with Gasteiger partial charge in [0.2, 0.25) is 0 Å². The number of pyridine rings is 1. The molecule has 2 aromatic rings. The monoisotopic (exact) mass is 297 g/mol. The van der Waals surface area contributed by atoms with Gasteiger partial charge in [-0.15, -0.1) is 10.2 Å². The van der Waals surface area contributed by atoms with Gasteiger partial charge in [-0.05, 0) is 43.4 Å². The van der Waals surface area contributed by atoms with Gasteiger partial charge in [0.05, 0.1) is 0 Å². The molecule has 0 radical (unpaired) electrons. The Bertz CT molecular complexity index is 709. The van der Waals surface area contributed by atoms with E-state index in [0.29, 0.717) is 17.7 Å². The third-order valence-electron chi connectivity index (χ3n) is 3.85. The van der Waals surface area contributed by atoms with E-state index in [9.17, 15) is 0 Å². The van der Waals surface area contributed by atoms with Crippen LogP contribution in [0, 0.1) is 11.3 Å². The molecule has 2 aliphatic rings. The molecular formula is C15H15N5S. The summed E-state index contributed by atoms with van der Waals surface area (Å²) in [7, 11) is 0. The molecule has 2 saturated carbocycles. The first-order chi connectivity index (χ1) is 10.3. The first kappa shape index (κ1) is 12.8. The maximum Gasteiger partial charge on any atom is 0.191 e. The Kier molecular flexibility index (Phi) is 3.15. The number of hydrogen-bond donors (Lipinski definition) is 0. The van der Waals surface area contributed by atoms with E-state index in [4.69, 9.17) is 5.26 Å². The molecule has 0 spiro atoms. The van der Waals surface area contributed by atoms with E-state index in [1.165, 1.54) is 31.5 Å². The van der Waals surface area contributed by atoms with Crippen LogP contribution in [0.5, 0.6) is 0 Å². The molecule has 0 unspecified atom stereocenters. The molecule has 0 bridgehead atoms. The van der Waals surface area contributed by atoms with Gasteiger partial charge >= 0.3 is 0 Å². The molecule has 5 nitrogen and oxygen atoms in total. The van der Waals surface area contributed by atoms with E-state index < -0.39 is 0 Å². The Morgan fingerprint density at radius 1 is 1.29 bits per heavy atom. The maximum absolute atomic E-state index is 8.90. The lowest BCUT2D eigenvalue weighted by molar-refractivity contribution is 0.627. The van der Waals surface area contributed by atoms with Gasteiger partial charge in [0.15, 0.2) is 5.16 Å². The lowest BCUT2D eigenvalue weighted by Gasteiger charge is -2.08. The molecule has 2 aromatic heterocycles. The van der Waals surface area contributed by atoms with Gasteiger partial charge in [0.25, 0.3) is 0 Å². The third-order valence-corrected chi connectivity index (χ3v) is 4.87. The zero-order valence-corrected chi connectivity index (χ0v) is 12.4. The van der Waals surface area contributed by atoms with Gasteiger partial charge in [-0.3, -0.25) is 0 Å². The highest BCUT2D eigenvalue weighted by Crippen LogP contribution is 2.46. The first-order valence-corrected chi connectivity index (χ1v) is 8.26. The topological polar surface area (TPSA) is 67.4 Å². The highest BCUT2D eigenvalue weighted by molar-refractivity contribution is 7.98. The zero-order valence-electron chi connectivity index (χ0n) is 11.6. The summed E-state index contributed by atoms with van der Waals surface area (Å²) in [6, 6.07) is 6.49. The minimum Gasteiger partial charge on any atom is -0.303 e. The number of thioether (sulfide) groups is 1. The molecule has 2 heterocycles. The van der Waals surface area contributed by atoms with Crippen LogP contribution in [0.1, 0.15) is 54.7 Å². The van der Waals surface area contributed by atoms with Crippen LogP contribution in [-0.2, 0) is 5.75 Å². The summed E-state index contributed by atoms with van der Waals surface area (Å²) < 4.78 is 2.36. The van der Waals surface area contributed by atoms with Gasteiger partial charge in [-0.1, -0.05) is 11.8 Å². The largest absolute Gasteiger partial charge is 0.303 e. The smallest absolute Gasteiger partial charge is 0.191 e. The Balaban J connectivity index is 1.53. The van der Waals surface area contributed by atoms with Crippen LogP contribution in [-0.4, -0.2) is 19.7 Å². The minimum absolute atomic E-state index is 0.468. The summed E-state index contributed by atoms with van der Waals surface area (Å²) in [6.07, 6.45) is 6.70. The van der Waals surface area contributed by atoms with Crippen molar-refractivity contribution in [3.05, 3.63) is 35.4 Å². The second-order valence-electron chi connectivity index (χ2n) is 5.67. The van der Waals surface area contributed by atoms with Gasteiger partial charge in [0, 0.05) is 23.9 Å². The highest BCUT2D eigenvalue weighted by Gasteiger charge is 2.36. The molecule has 0 aromatic carbocycles. The fourth-order valence-electron chi connectivity index (χ4n) is 2.46. The summed E-state index contributed by atoms with van der Waals surface area (Å²) in [6.45, 7) is 0. The van der Waals surface area contributed by atoms with Crippen molar-refractivity contribution in [1.29, 1.82) is 5.26 Å². The average Bonchev–Trinajstić information content (AvgIpc) is 3.44. The first-order valence-electron chi connectivity index (χ1n) is 7.28. The van der Waals surface area contributed by atoms with Crippen molar-refractivity contribution < 1.29 is 0 Å². The van der Waals surface area contributed by atoms with Gasteiger partial charge in [-0.25, -0.2) is 4.98 Å². The van der Waals surface area contributed by atoms with Crippen LogP contribution in [0.2, 0.25) is 0 Å². The van der Waals surface area contributed by atoms with E-state index in [1.807, 2.05) is 12.1 Å². The summed E-state index contributed by atoms with van der Waals surface area (Å²) in [5, 5.41) is 18.7. The van der Waals surface area contributed by atoms with Crippen molar-refractivity contribution in [3.8, 4) is 6.07 Å². The second-order valence-corrected chi connectivity index (χ2v) is 6.61. The molecule has 0 atom stereocenters. The van der Waals surface area contributed by atoms with Crippen molar-refractivity contribution in [2.45, 2.75) is 48.6 Å². The maximum atomic E-state index is 8.90. The van der Waals surface area contributed by atoms with E-state index in [-0.39, 0.29) is 0 Å². The lowest BCUT2D eigenvalue weighted by atomic mass is 10.2. The Morgan fingerprint density at radius 3 is 2.86 bits per heavy atom. The summed E-state index contributed by atoms with van der Waals surface area (Å²) >= 11 is 1.71. The molecule has 21 heavy (non-hydrogen) atoms. The standard InChI is InChI=1S/C15H15N5S/c16-8-12-7-10(5-6-17-12)9-21-15-19-18-14(11-1-2-11)20(15)13-3-4-13/h5-7,11,13H,1-4,9H2. The predicted molar refractivity (Wildman–Crippen MR) is 78.8 cm³/mol. The summed E-state index contributed by atoms with van der Waals surface area (Å²) in [5.41, 5.74) is 1.57. The van der Waals surface area contributed by atoms with Gasteiger partial charge < -0.3 is 4.57 Å². The van der Waals surface area contributed by atoms with Crippen LogP contribution in [0.25, 0.3) is 0 Å². The normalized spacial score (nSPS) is 17.7. The molecule has 0 amide bonds. The van der Waals surface area contributed by atoms with Crippen molar-refractivity contribution in [2.24, 2.45) is 0 Å². The van der Waals surface area contributed by atoms with E-state index in [0.717, 1.165) is 16.5 Å². The van der Waals surface area contributed by atoms with Gasteiger partial charge in [-0.2, -0.15) is 5.26 Å². The van der Waals surface area contributed by atoms with Crippen LogP contribution < -0.4 is 0 Å². The number of nitriles is 1. The molecule has 4 rings (SSSR count). The highest BCUT2D eigenvalue weighted by atomic mass is 32.2. The molecule has 0 saturated heterocycles. The number of rotatable bonds is 5. The molecule has 2 fully saturated rings. The molecule has 6 heteroatoms. The van der Waals surface area contributed by atoms with Crippen molar-refractivity contribution in [2.75, 3.05) is 0 Å². The predicted octanol–water partition coefficient (Wildman–Crippen LogP) is 3.05. The number of hydrogen-bond acceptors (Lipinski definition) is 5. The second kappa shape index (κ2) is 5.15. The molecule has 2 aliphatic carbocycles. The van der Waals surface area contributed by atoms with Gasteiger partial charge in [0.1, 0.15) is 17.6 Å². The fourth-order valence-corrected chi connectivity index (χ4v) is 3.41. The Hall–Kier alpha value is -1.87. The van der Waals surface area contributed by atoms with E-state index in [1.54, 1.807) is 18.0 Å². The fraction of sp³-hybridized carbons (Fsp3) is 0.467. The molecule has 106 valence electrons. The van der Waals surface area contributed by atoms with Crippen LogP contribution in [0.3, 0.4) is 0 Å². The molecule has 0 aliphatic heterocycles. The lowest BCUT2D eigenvalue weighted by Crippen LogP contribution is -2.02. The van der Waals surface area contributed by atoms with Crippen LogP contribution >= 0.6 is 11.8 Å². The summed E-state index contributed by atoms with van der Waals surface area (Å²) in [4.78, 5) is 4.00. The third kappa shape index (κ3) is 2.66. The van der Waals surface area contributed by atoms with Crippen molar-refractivity contribution in [3.63, 3.8) is 0 Å². The quantitative estimate of drug-likeness (QED) is 0.793. The average molecular weight is 297 g/mol. The Morgan fingerprint density at radius 2 is 2.14 bits per heavy atom. The van der Waals surface area contributed by atoms with Crippen LogP contribution in [0.4, 0.5) is 0 Å². The number of nitrogens with zero attached hydrogens (tertiary/aromatic N) is 5. The van der Waals surface area contributed by atoms with E-state index in [2.05, 4.69) is 25.8 Å². The Labute approximate surface area is 127 Å². The van der Waals surface area contributed by atoms with Crippen LogP contribution in [0.15, 0.2) is 23.5 Å². The number of aromatic nitrogens is 4. The van der Waals surface area contributed by atoms with E-state index >= 15 is 0 Å². The van der Waals surface area contributed by atoms with Crippen molar-refractivity contribution >= 4 is 11.8 Å². The SMILES string of the molecule is N#Cc1cc(CSc2nnc(C3CC3)n2C2CC2)ccn1. The van der Waals surface area contributed by atoms with Crippen molar-refractivity contribution in [1.82, 2.24) is 19.7 Å². The summed E-state index contributed by atoms with van der Waals surface area (Å²) in [5.74, 6) is 2.62. The molecule has 0 N–H and O–H groups in total. The minimum atomic E-state index is 0.468.